The van der Waals surface area contributed by atoms with Crippen molar-refractivity contribution in [3.8, 4) is 0 Å². The van der Waals surface area contributed by atoms with Gasteiger partial charge >= 0.3 is 0 Å². The van der Waals surface area contributed by atoms with Gasteiger partial charge in [0.1, 0.15) is 6.04 Å². The van der Waals surface area contributed by atoms with E-state index in [0.29, 0.717) is 13.0 Å². The average molecular weight is 381 g/mol. The molecule has 28 heavy (non-hydrogen) atoms. The molecule has 2 aromatic carbocycles. The Balaban J connectivity index is 2.12. The van der Waals surface area contributed by atoms with Crippen molar-refractivity contribution in [3.05, 3.63) is 71.3 Å². The predicted octanol–water partition coefficient (Wildman–Crippen LogP) is 3.91. The van der Waals surface area contributed by atoms with Crippen LogP contribution in [-0.2, 0) is 22.4 Å². The highest BCUT2D eigenvalue weighted by Crippen LogP contribution is 2.11. The summed E-state index contributed by atoms with van der Waals surface area (Å²) in [6.07, 6.45) is 1.89. The van der Waals surface area contributed by atoms with Gasteiger partial charge in [-0.3, -0.25) is 9.59 Å². The number of nitrogens with zero attached hydrogens (tertiary/aromatic N) is 1. The van der Waals surface area contributed by atoms with Gasteiger partial charge in [0, 0.05) is 12.6 Å². The summed E-state index contributed by atoms with van der Waals surface area (Å²) < 4.78 is 0. The van der Waals surface area contributed by atoms with Crippen LogP contribution in [0.2, 0.25) is 0 Å². The zero-order valence-corrected chi connectivity index (χ0v) is 17.4. The van der Waals surface area contributed by atoms with Crippen LogP contribution in [-0.4, -0.2) is 35.3 Å². The highest BCUT2D eigenvalue weighted by molar-refractivity contribution is 5.88. The number of hydrogen-bond donors (Lipinski definition) is 1. The second-order valence-corrected chi connectivity index (χ2v) is 7.48. The van der Waals surface area contributed by atoms with Gasteiger partial charge in [0.2, 0.25) is 11.8 Å². The van der Waals surface area contributed by atoms with E-state index in [2.05, 4.69) is 5.32 Å². The van der Waals surface area contributed by atoms with E-state index in [1.165, 1.54) is 5.56 Å². The van der Waals surface area contributed by atoms with E-state index in [9.17, 15) is 9.59 Å². The maximum atomic E-state index is 13.1. The molecule has 150 valence electrons. The third-order valence-corrected chi connectivity index (χ3v) is 5.13. The minimum Gasteiger partial charge on any atom is -0.352 e. The molecule has 0 aromatic heterocycles. The van der Waals surface area contributed by atoms with Gasteiger partial charge in [-0.1, -0.05) is 67.1 Å². The van der Waals surface area contributed by atoms with Gasteiger partial charge in [-0.25, -0.2) is 0 Å². The zero-order chi connectivity index (χ0) is 20.5. The van der Waals surface area contributed by atoms with Crippen molar-refractivity contribution in [2.75, 3.05) is 6.54 Å². The fraction of sp³-hybridized carbons (Fsp3) is 0.417. The van der Waals surface area contributed by atoms with Crippen LogP contribution in [0.15, 0.2) is 54.6 Å². The normalized spacial score (nSPS) is 12.9. The molecular weight excluding hydrogens is 348 g/mol. The fourth-order valence-corrected chi connectivity index (χ4v) is 3.02. The minimum atomic E-state index is -0.504. The summed E-state index contributed by atoms with van der Waals surface area (Å²) in [6, 6.07) is 17.6. The molecule has 4 nitrogen and oxygen atoms in total. The molecule has 4 heteroatoms. The molecule has 2 aromatic rings. The molecule has 2 amide bonds. The van der Waals surface area contributed by atoms with Gasteiger partial charge in [-0.2, -0.15) is 0 Å². The second-order valence-electron chi connectivity index (χ2n) is 7.48. The number of aryl methyl sites for hydroxylation is 1. The Kier molecular flexibility index (Phi) is 8.24. The van der Waals surface area contributed by atoms with Crippen LogP contribution in [0, 0.1) is 6.92 Å². The molecular formula is C24H32N2O2. The van der Waals surface area contributed by atoms with Crippen LogP contribution in [0.25, 0.3) is 0 Å². The van der Waals surface area contributed by atoms with Gasteiger partial charge in [0.25, 0.3) is 0 Å². The van der Waals surface area contributed by atoms with Gasteiger partial charge in [-0.05, 0) is 44.7 Å². The van der Waals surface area contributed by atoms with Crippen LogP contribution in [0.3, 0.4) is 0 Å². The molecule has 0 aliphatic carbocycles. The number of rotatable bonds is 9. The first kappa shape index (κ1) is 21.7. The summed E-state index contributed by atoms with van der Waals surface area (Å²) in [6.45, 7) is 8.37. The van der Waals surface area contributed by atoms with E-state index < -0.39 is 6.04 Å². The quantitative estimate of drug-likeness (QED) is 0.717. The maximum absolute atomic E-state index is 13.1. The molecule has 0 radical (unpaired) electrons. The summed E-state index contributed by atoms with van der Waals surface area (Å²) in [5, 5.41) is 3.00. The van der Waals surface area contributed by atoms with Crippen molar-refractivity contribution >= 4 is 11.8 Å². The first-order valence-corrected chi connectivity index (χ1v) is 10.1. The van der Waals surface area contributed by atoms with E-state index in [0.717, 1.165) is 24.0 Å². The number of hydrogen-bond acceptors (Lipinski definition) is 2. The Morgan fingerprint density at radius 3 is 2.21 bits per heavy atom. The Bertz CT molecular complexity index is 756. The van der Waals surface area contributed by atoms with Crippen LogP contribution < -0.4 is 5.32 Å². The monoisotopic (exact) mass is 380 g/mol. The van der Waals surface area contributed by atoms with E-state index in [1.807, 2.05) is 82.3 Å². The fourth-order valence-electron chi connectivity index (χ4n) is 3.02. The predicted molar refractivity (Wildman–Crippen MR) is 114 cm³/mol. The summed E-state index contributed by atoms with van der Waals surface area (Å²) in [5.74, 6) is -0.119. The summed E-state index contributed by atoms with van der Waals surface area (Å²) in [7, 11) is 0. The van der Waals surface area contributed by atoms with Crippen molar-refractivity contribution in [1.82, 2.24) is 10.2 Å². The lowest BCUT2D eigenvalue weighted by Crippen LogP contribution is -2.50. The van der Waals surface area contributed by atoms with E-state index in [4.69, 9.17) is 0 Å². The highest BCUT2D eigenvalue weighted by atomic mass is 16.2. The van der Waals surface area contributed by atoms with Crippen LogP contribution in [0.4, 0.5) is 0 Å². The van der Waals surface area contributed by atoms with Crippen LogP contribution in [0.5, 0.6) is 0 Å². The number of nitrogens with one attached hydrogen (secondary N) is 1. The third kappa shape index (κ3) is 6.52. The number of benzene rings is 2. The Morgan fingerprint density at radius 2 is 1.61 bits per heavy atom. The van der Waals surface area contributed by atoms with Gasteiger partial charge in [-0.15, -0.1) is 0 Å². The second kappa shape index (κ2) is 10.6. The van der Waals surface area contributed by atoms with E-state index >= 15 is 0 Å². The molecule has 0 aliphatic heterocycles. The molecule has 0 bridgehead atoms. The average Bonchev–Trinajstić information content (AvgIpc) is 2.70. The molecule has 1 N–H and O–H groups in total. The molecule has 0 saturated carbocycles. The lowest BCUT2D eigenvalue weighted by atomic mass is 10.1. The Morgan fingerprint density at radius 1 is 0.964 bits per heavy atom. The third-order valence-electron chi connectivity index (χ3n) is 5.13. The van der Waals surface area contributed by atoms with Crippen molar-refractivity contribution in [1.29, 1.82) is 0 Å². The lowest BCUT2D eigenvalue weighted by molar-refractivity contribution is -0.139. The SMILES string of the molecule is CC[C@H](C)NC(=O)[C@H](C)N(CCc1ccccc1)C(=O)Cc1ccc(C)cc1. The first-order chi connectivity index (χ1) is 13.4. The Hall–Kier alpha value is -2.62. The van der Waals surface area contributed by atoms with Crippen molar-refractivity contribution < 1.29 is 9.59 Å². The minimum absolute atomic E-state index is 0.0217. The van der Waals surface area contributed by atoms with Gasteiger partial charge in [0.05, 0.1) is 6.42 Å². The summed E-state index contributed by atoms with van der Waals surface area (Å²) in [4.78, 5) is 27.4. The molecule has 0 saturated heterocycles. The van der Waals surface area contributed by atoms with Crippen molar-refractivity contribution in [3.63, 3.8) is 0 Å². The molecule has 2 atom stereocenters. The Labute approximate surface area is 169 Å². The standard InChI is InChI=1S/C24H32N2O2/c1-5-19(3)25-24(28)20(4)26(16-15-21-9-7-6-8-10-21)23(27)17-22-13-11-18(2)12-14-22/h6-14,19-20H,5,15-17H2,1-4H3,(H,25,28)/t19-,20-/m0/s1. The number of amides is 2. The van der Waals surface area contributed by atoms with E-state index in [1.54, 1.807) is 4.90 Å². The van der Waals surface area contributed by atoms with Gasteiger partial charge in [0.15, 0.2) is 0 Å². The zero-order valence-electron chi connectivity index (χ0n) is 17.4. The molecule has 0 spiro atoms. The molecule has 2 rings (SSSR count). The van der Waals surface area contributed by atoms with Crippen LogP contribution in [0.1, 0.15) is 43.9 Å². The van der Waals surface area contributed by atoms with Crippen molar-refractivity contribution in [2.45, 2.75) is 59.0 Å². The largest absolute Gasteiger partial charge is 0.352 e. The maximum Gasteiger partial charge on any atom is 0.242 e. The molecule has 0 aliphatic rings. The summed E-state index contributed by atoms with van der Waals surface area (Å²) >= 11 is 0. The molecule has 0 fully saturated rings. The molecule has 0 heterocycles. The number of carbonyl (C=O) groups is 2. The first-order valence-electron chi connectivity index (χ1n) is 10.1. The number of carbonyl (C=O) groups excluding carboxylic acids is 2. The van der Waals surface area contributed by atoms with Crippen molar-refractivity contribution in [2.24, 2.45) is 0 Å². The topological polar surface area (TPSA) is 49.4 Å². The lowest BCUT2D eigenvalue weighted by Gasteiger charge is -2.29. The van der Waals surface area contributed by atoms with E-state index in [-0.39, 0.29) is 17.9 Å². The van der Waals surface area contributed by atoms with Gasteiger partial charge < -0.3 is 10.2 Å². The summed E-state index contributed by atoms with van der Waals surface area (Å²) in [5.41, 5.74) is 3.29. The molecule has 0 unspecified atom stereocenters. The van der Waals surface area contributed by atoms with Crippen LogP contribution >= 0.6 is 0 Å². The highest BCUT2D eigenvalue weighted by Gasteiger charge is 2.26. The smallest absolute Gasteiger partial charge is 0.242 e.